The van der Waals surface area contributed by atoms with Crippen LogP contribution in [0.5, 0.6) is 0 Å². The second-order valence-electron chi connectivity index (χ2n) is 4.84. The van der Waals surface area contributed by atoms with E-state index in [0.29, 0.717) is 18.3 Å². The van der Waals surface area contributed by atoms with Gasteiger partial charge in [-0.15, -0.1) is 11.3 Å². The van der Waals surface area contributed by atoms with Gasteiger partial charge in [0.05, 0.1) is 0 Å². The van der Waals surface area contributed by atoms with Crippen molar-refractivity contribution >= 4 is 17.2 Å². The van der Waals surface area contributed by atoms with Crippen molar-refractivity contribution in [1.29, 1.82) is 0 Å². The Morgan fingerprint density at radius 2 is 2.44 bits per heavy atom. The fraction of sp³-hybridized carbons (Fsp3) is 0.667. The third-order valence-corrected chi connectivity index (χ3v) is 4.23. The Hall–Kier alpha value is -0.980. The molecule has 18 heavy (non-hydrogen) atoms. The Morgan fingerprint density at radius 1 is 1.67 bits per heavy atom. The standard InChI is InChI=1S/C12H20N4OS/c1-15(2)9-4-3-5-16(7-9)12(17)10-8-18-11(6-13)14-10/h8-9H,3-7,13H2,1-2H3. The lowest BCUT2D eigenvalue weighted by Gasteiger charge is -2.35. The minimum absolute atomic E-state index is 0.0394. The lowest BCUT2D eigenvalue weighted by atomic mass is 10.0. The third kappa shape index (κ3) is 2.88. The Bertz CT molecular complexity index is 418. The molecule has 0 saturated carbocycles. The molecular formula is C12H20N4OS. The molecule has 5 nitrogen and oxygen atoms in total. The van der Waals surface area contributed by atoms with Crippen LogP contribution in [-0.4, -0.2) is 53.9 Å². The highest BCUT2D eigenvalue weighted by molar-refractivity contribution is 7.09. The van der Waals surface area contributed by atoms with Crippen LogP contribution < -0.4 is 5.73 Å². The first-order valence-electron chi connectivity index (χ1n) is 6.22. The van der Waals surface area contributed by atoms with E-state index in [1.54, 1.807) is 0 Å². The molecular weight excluding hydrogens is 248 g/mol. The quantitative estimate of drug-likeness (QED) is 0.879. The number of aromatic nitrogens is 1. The number of likely N-dealkylation sites (tertiary alicyclic amines) is 1. The van der Waals surface area contributed by atoms with Crippen LogP contribution in [0.25, 0.3) is 0 Å². The van der Waals surface area contributed by atoms with Crippen LogP contribution in [-0.2, 0) is 6.54 Å². The van der Waals surface area contributed by atoms with Crippen molar-refractivity contribution in [3.05, 3.63) is 16.1 Å². The van der Waals surface area contributed by atoms with E-state index < -0.39 is 0 Å². The Morgan fingerprint density at radius 3 is 3.06 bits per heavy atom. The van der Waals surface area contributed by atoms with Crippen LogP contribution in [0, 0.1) is 0 Å². The van der Waals surface area contributed by atoms with Gasteiger partial charge in [-0.1, -0.05) is 0 Å². The number of likely N-dealkylation sites (N-methyl/N-ethyl adjacent to an activating group) is 1. The highest BCUT2D eigenvalue weighted by atomic mass is 32.1. The number of carbonyl (C=O) groups is 1. The lowest BCUT2D eigenvalue weighted by molar-refractivity contribution is 0.0630. The van der Waals surface area contributed by atoms with Gasteiger partial charge in [-0.05, 0) is 26.9 Å². The Balaban J connectivity index is 2.04. The number of hydrogen-bond acceptors (Lipinski definition) is 5. The summed E-state index contributed by atoms with van der Waals surface area (Å²) in [4.78, 5) is 20.7. The number of amides is 1. The van der Waals surface area contributed by atoms with E-state index in [0.717, 1.165) is 30.9 Å². The van der Waals surface area contributed by atoms with Crippen molar-refractivity contribution in [2.45, 2.75) is 25.4 Å². The maximum atomic E-state index is 12.3. The summed E-state index contributed by atoms with van der Waals surface area (Å²) >= 11 is 1.45. The fourth-order valence-electron chi connectivity index (χ4n) is 2.23. The molecule has 1 aliphatic heterocycles. The highest BCUT2D eigenvalue weighted by Crippen LogP contribution is 2.17. The number of piperidine rings is 1. The van der Waals surface area contributed by atoms with Crippen LogP contribution in [0.2, 0.25) is 0 Å². The van der Waals surface area contributed by atoms with Gasteiger partial charge < -0.3 is 15.5 Å². The highest BCUT2D eigenvalue weighted by Gasteiger charge is 2.26. The van der Waals surface area contributed by atoms with Crippen LogP contribution in [0.4, 0.5) is 0 Å². The van der Waals surface area contributed by atoms with Crippen molar-refractivity contribution in [2.75, 3.05) is 27.2 Å². The van der Waals surface area contributed by atoms with Gasteiger partial charge in [-0.25, -0.2) is 4.98 Å². The Kier molecular flexibility index (Phi) is 4.31. The van der Waals surface area contributed by atoms with Gasteiger partial charge >= 0.3 is 0 Å². The van der Waals surface area contributed by atoms with Crippen molar-refractivity contribution in [2.24, 2.45) is 5.73 Å². The summed E-state index contributed by atoms with van der Waals surface area (Å²) < 4.78 is 0. The van der Waals surface area contributed by atoms with Crippen molar-refractivity contribution in [3.63, 3.8) is 0 Å². The van der Waals surface area contributed by atoms with Gasteiger partial charge in [0, 0.05) is 31.1 Å². The van der Waals surface area contributed by atoms with Crippen LogP contribution >= 0.6 is 11.3 Å². The molecule has 1 aromatic rings. The smallest absolute Gasteiger partial charge is 0.273 e. The molecule has 6 heteroatoms. The number of nitrogens with zero attached hydrogens (tertiary/aromatic N) is 3. The second kappa shape index (κ2) is 5.77. The minimum atomic E-state index is 0.0394. The van der Waals surface area contributed by atoms with E-state index in [4.69, 9.17) is 5.73 Å². The number of nitrogens with two attached hydrogens (primary N) is 1. The molecule has 2 heterocycles. The molecule has 0 radical (unpaired) electrons. The largest absolute Gasteiger partial charge is 0.336 e. The fourth-order valence-corrected chi connectivity index (χ4v) is 2.87. The number of carbonyl (C=O) groups excluding carboxylic acids is 1. The Labute approximate surface area is 112 Å². The SMILES string of the molecule is CN(C)C1CCCN(C(=O)c2csc(CN)n2)C1. The predicted molar refractivity (Wildman–Crippen MR) is 72.6 cm³/mol. The van der Waals surface area contributed by atoms with Crippen LogP contribution in [0.3, 0.4) is 0 Å². The van der Waals surface area contributed by atoms with Gasteiger partial charge in [0.15, 0.2) is 0 Å². The zero-order valence-corrected chi connectivity index (χ0v) is 11.7. The van der Waals surface area contributed by atoms with Crippen molar-refractivity contribution in [1.82, 2.24) is 14.8 Å². The van der Waals surface area contributed by atoms with E-state index in [2.05, 4.69) is 24.0 Å². The maximum Gasteiger partial charge on any atom is 0.273 e. The summed E-state index contributed by atoms with van der Waals surface area (Å²) in [5.41, 5.74) is 6.06. The summed E-state index contributed by atoms with van der Waals surface area (Å²) in [6, 6.07) is 0.454. The van der Waals surface area contributed by atoms with E-state index in [1.165, 1.54) is 11.3 Å². The van der Waals surface area contributed by atoms with Crippen molar-refractivity contribution in [3.8, 4) is 0 Å². The molecule has 2 rings (SSSR count). The van der Waals surface area contributed by atoms with Gasteiger partial charge in [0.2, 0.25) is 0 Å². The molecule has 1 unspecified atom stereocenters. The average Bonchev–Trinajstić information content (AvgIpc) is 2.86. The molecule has 0 aromatic carbocycles. The van der Waals surface area contributed by atoms with E-state index in [-0.39, 0.29) is 5.91 Å². The molecule has 0 bridgehead atoms. The predicted octanol–water partition coefficient (Wildman–Crippen LogP) is 0.768. The molecule has 100 valence electrons. The minimum Gasteiger partial charge on any atom is -0.336 e. The molecule has 1 atom stereocenters. The normalized spacial score (nSPS) is 20.4. The van der Waals surface area contributed by atoms with E-state index in [9.17, 15) is 4.79 Å². The zero-order chi connectivity index (χ0) is 13.1. The molecule has 1 saturated heterocycles. The zero-order valence-electron chi connectivity index (χ0n) is 10.9. The molecule has 1 fully saturated rings. The monoisotopic (exact) mass is 268 g/mol. The van der Waals surface area contributed by atoms with Crippen LogP contribution in [0.1, 0.15) is 28.3 Å². The van der Waals surface area contributed by atoms with E-state index >= 15 is 0 Å². The maximum absolute atomic E-state index is 12.3. The average molecular weight is 268 g/mol. The summed E-state index contributed by atoms with van der Waals surface area (Å²) in [6.07, 6.45) is 2.21. The summed E-state index contributed by atoms with van der Waals surface area (Å²) in [5.74, 6) is 0.0394. The second-order valence-corrected chi connectivity index (χ2v) is 5.78. The number of hydrogen-bond donors (Lipinski definition) is 1. The summed E-state index contributed by atoms with van der Waals surface area (Å²) in [5, 5.41) is 2.63. The van der Waals surface area contributed by atoms with Crippen LogP contribution in [0.15, 0.2) is 5.38 Å². The van der Waals surface area contributed by atoms with Gasteiger partial charge in [0.25, 0.3) is 5.91 Å². The molecule has 0 spiro atoms. The molecule has 1 aliphatic rings. The third-order valence-electron chi connectivity index (χ3n) is 3.36. The number of thiazole rings is 1. The first-order chi connectivity index (χ1) is 8.61. The first kappa shape index (κ1) is 13.5. The molecule has 2 N–H and O–H groups in total. The van der Waals surface area contributed by atoms with E-state index in [1.807, 2.05) is 10.3 Å². The molecule has 1 amide bonds. The van der Waals surface area contributed by atoms with Gasteiger partial charge in [-0.2, -0.15) is 0 Å². The molecule has 0 aliphatic carbocycles. The topological polar surface area (TPSA) is 62.5 Å². The lowest BCUT2D eigenvalue weighted by Crippen LogP contribution is -2.47. The van der Waals surface area contributed by atoms with Crippen molar-refractivity contribution < 1.29 is 4.79 Å². The van der Waals surface area contributed by atoms with Gasteiger partial charge in [0.1, 0.15) is 10.7 Å². The van der Waals surface area contributed by atoms with Gasteiger partial charge in [-0.3, -0.25) is 4.79 Å². The number of rotatable bonds is 3. The molecule has 1 aromatic heterocycles. The first-order valence-corrected chi connectivity index (χ1v) is 7.10. The summed E-state index contributed by atoms with van der Waals surface area (Å²) in [6.45, 7) is 2.03. The summed E-state index contributed by atoms with van der Waals surface area (Å²) in [7, 11) is 4.13.